The molecule has 0 spiro atoms. The summed E-state index contributed by atoms with van der Waals surface area (Å²) in [7, 11) is 0. The zero-order valence-corrected chi connectivity index (χ0v) is 12.8. The van der Waals surface area contributed by atoms with E-state index in [1.807, 2.05) is 35.9 Å². The molecule has 2 aromatic heterocycles. The van der Waals surface area contributed by atoms with E-state index in [9.17, 15) is 4.79 Å². The summed E-state index contributed by atoms with van der Waals surface area (Å²) >= 11 is 3.19. The number of carbonyl (C=O) groups is 1. The number of aromatic amines is 1. The fraction of sp³-hybridized carbons (Fsp3) is 0.0714. The van der Waals surface area contributed by atoms with E-state index in [-0.39, 0.29) is 11.9 Å². The Kier molecular flexibility index (Phi) is 4.03. The predicted molar refractivity (Wildman–Crippen MR) is 85.9 cm³/mol. The number of aromatic nitrogens is 3. The largest absolute Gasteiger partial charge is 0.289 e. The van der Waals surface area contributed by atoms with Gasteiger partial charge in [-0.05, 0) is 42.0 Å². The number of benzene rings is 1. The number of nitrogens with zero attached hydrogens (tertiary/aromatic N) is 2. The van der Waals surface area contributed by atoms with Gasteiger partial charge in [-0.1, -0.05) is 6.07 Å². The Bertz CT molecular complexity index is 735. The highest BCUT2D eigenvalue weighted by molar-refractivity contribution is 7.98. The highest BCUT2D eigenvalue weighted by Crippen LogP contribution is 2.21. The normalized spacial score (nSPS) is 10.5. The third-order valence-corrected chi connectivity index (χ3v) is 4.44. The van der Waals surface area contributed by atoms with Gasteiger partial charge in [0.1, 0.15) is 0 Å². The smallest absolute Gasteiger partial charge is 0.258 e. The monoisotopic (exact) mass is 316 g/mol. The van der Waals surface area contributed by atoms with Gasteiger partial charge < -0.3 is 0 Å². The van der Waals surface area contributed by atoms with Crippen molar-refractivity contribution in [2.45, 2.75) is 4.90 Å². The molecule has 0 radical (unpaired) electrons. The molecule has 0 bridgehead atoms. The number of amides is 1. The van der Waals surface area contributed by atoms with Crippen LogP contribution in [0.4, 0.5) is 5.95 Å². The van der Waals surface area contributed by atoms with Crippen LogP contribution in [0.25, 0.3) is 10.7 Å². The molecule has 3 rings (SSSR count). The molecule has 2 N–H and O–H groups in total. The Balaban J connectivity index is 1.72. The van der Waals surface area contributed by atoms with Crippen molar-refractivity contribution >= 4 is 35.0 Å². The van der Waals surface area contributed by atoms with Crippen LogP contribution in [-0.2, 0) is 0 Å². The minimum absolute atomic E-state index is 0.223. The standard InChI is InChI=1S/C14H12N4OS2/c1-20-10-6-4-9(5-7-10)13(19)16-14-15-12(17-18-14)11-3-2-8-21-11/h2-8H,1H3,(H2,15,16,17,18,19). The maximum Gasteiger partial charge on any atom is 0.258 e. The second-order valence-corrected chi connectivity index (χ2v) is 5.99. The fourth-order valence-electron chi connectivity index (χ4n) is 1.76. The summed E-state index contributed by atoms with van der Waals surface area (Å²) in [5.41, 5.74) is 0.579. The lowest BCUT2D eigenvalue weighted by Crippen LogP contribution is -2.12. The fourth-order valence-corrected chi connectivity index (χ4v) is 2.83. The van der Waals surface area contributed by atoms with Crippen LogP contribution in [0.3, 0.4) is 0 Å². The summed E-state index contributed by atoms with van der Waals surface area (Å²) in [6.45, 7) is 0. The van der Waals surface area contributed by atoms with Crippen molar-refractivity contribution in [3.05, 3.63) is 47.3 Å². The minimum Gasteiger partial charge on any atom is -0.289 e. The number of thiophene rings is 1. The number of hydrogen-bond acceptors (Lipinski definition) is 5. The molecular formula is C14H12N4OS2. The van der Waals surface area contributed by atoms with Crippen molar-refractivity contribution in [1.82, 2.24) is 15.2 Å². The van der Waals surface area contributed by atoms with Gasteiger partial charge >= 0.3 is 0 Å². The van der Waals surface area contributed by atoms with E-state index < -0.39 is 0 Å². The lowest BCUT2D eigenvalue weighted by atomic mass is 10.2. The molecule has 5 nitrogen and oxygen atoms in total. The van der Waals surface area contributed by atoms with Crippen LogP contribution in [0, 0.1) is 0 Å². The molecule has 0 aliphatic carbocycles. The molecule has 0 aliphatic rings. The molecule has 0 unspecified atom stereocenters. The molecule has 7 heteroatoms. The highest BCUT2D eigenvalue weighted by atomic mass is 32.2. The third kappa shape index (κ3) is 3.14. The molecule has 0 atom stereocenters. The molecule has 0 saturated carbocycles. The zero-order chi connectivity index (χ0) is 14.7. The van der Waals surface area contributed by atoms with Gasteiger partial charge in [0.15, 0.2) is 5.82 Å². The first-order chi connectivity index (χ1) is 10.3. The van der Waals surface area contributed by atoms with E-state index in [2.05, 4.69) is 20.5 Å². The summed E-state index contributed by atoms with van der Waals surface area (Å²) in [6.07, 6.45) is 1.99. The number of anilines is 1. The minimum atomic E-state index is -0.223. The molecule has 106 valence electrons. The maximum atomic E-state index is 12.1. The van der Waals surface area contributed by atoms with Crippen molar-refractivity contribution in [3.8, 4) is 10.7 Å². The molecule has 0 saturated heterocycles. The second kappa shape index (κ2) is 6.11. The number of H-pyrrole nitrogens is 1. The molecule has 21 heavy (non-hydrogen) atoms. The topological polar surface area (TPSA) is 70.7 Å². The SMILES string of the molecule is CSc1ccc(C(=O)Nc2n[nH]c(-c3cccs3)n2)cc1. The van der Waals surface area contributed by atoms with Gasteiger partial charge in [0.05, 0.1) is 4.88 Å². The molecule has 1 amide bonds. The van der Waals surface area contributed by atoms with E-state index >= 15 is 0 Å². The van der Waals surface area contributed by atoms with Crippen molar-refractivity contribution in [3.63, 3.8) is 0 Å². The van der Waals surface area contributed by atoms with E-state index in [1.165, 1.54) is 0 Å². The zero-order valence-electron chi connectivity index (χ0n) is 11.2. The van der Waals surface area contributed by atoms with Gasteiger partial charge in [-0.25, -0.2) is 0 Å². The molecule has 0 fully saturated rings. The van der Waals surface area contributed by atoms with Crippen molar-refractivity contribution in [1.29, 1.82) is 0 Å². The van der Waals surface area contributed by atoms with Crippen molar-refractivity contribution < 1.29 is 4.79 Å². The summed E-state index contributed by atoms with van der Waals surface area (Å²) in [5.74, 6) is 0.703. The van der Waals surface area contributed by atoms with Crippen LogP contribution in [0.5, 0.6) is 0 Å². The number of carbonyl (C=O) groups excluding carboxylic acids is 1. The second-order valence-electron chi connectivity index (χ2n) is 4.17. The first-order valence-electron chi connectivity index (χ1n) is 6.18. The van der Waals surface area contributed by atoms with Crippen LogP contribution in [0.2, 0.25) is 0 Å². The lowest BCUT2D eigenvalue weighted by molar-refractivity contribution is 0.102. The van der Waals surface area contributed by atoms with Gasteiger partial charge in [0.2, 0.25) is 5.95 Å². The van der Waals surface area contributed by atoms with E-state index in [0.717, 1.165) is 9.77 Å². The molecular weight excluding hydrogens is 304 g/mol. The summed E-state index contributed by atoms with van der Waals surface area (Å²) in [5, 5.41) is 11.5. The Morgan fingerprint density at radius 3 is 2.76 bits per heavy atom. The Morgan fingerprint density at radius 1 is 1.29 bits per heavy atom. The average molecular weight is 316 g/mol. The van der Waals surface area contributed by atoms with Crippen LogP contribution < -0.4 is 5.32 Å². The molecule has 1 aromatic carbocycles. The van der Waals surface area contributed by atoms with Gasteiger partial charge in [-0.2, -0.15) is 4.98 Å². The average Bonchev–Trinajstić information content (AvgIpc) is 3.18. The molecule has 0 aliphatic heterocycles. The number of rotatable bonds is 4. The van der Waals surface area contributed by atoms with Gasteiger partial charge in [0.25, 0.3) is 5.91 Å². The maximum absolute atomic E-state index is 12.1. The van der Waals surface area contributed by atoms with Crippen LogP contribution >= 0.6 is 23.1 Å². The Labute approximate surface area is 129 Å². The first-order valence-corrected chi connectivity index (χ1v) is 8.28. The van der Waals surface area contributed by atoms with Gasteiger partial charge in [0, 0.05) is 10.5 Å². The summed E-state index contributed by atoms with van der Waals surface area (Å²) in [6, 6.07) is 11.3. The van der Waals surface area contributed by atoms with E-state index in [1.54, 1.807) is 35.2 Å². The number of hydrogen-bond donors (Lipinski definition) is 2. The number of nitrogens with one attached hydrogen (secondary N) is 2. The van der Waals surface area contributed by atoms with Crippen molar-refractivity contribution in [2.75, 3.05) is 11.6 Å². The van der Waals surface area contributed by atoms with Crippen LogP contribution in [-0.4, -0.2) is 27.3 Å². The molecule has 2 heterocycles. The van der Waals surface area contributed by atoms with Crippen molar-refractivity contribution in [2.24, 2.45) is 0 Å². The Morgan fingerprint density at radius 2 is 2.10 bits per heavy atom. The predicted octanol–water partition coefficient (Wildman–Crippen LogP) is 3.51. The molecule has 3 aromatic rings. The Hall–Kier alpha value is -2.12. The number of thioether (sulfide) groups is 1. The van der Waals surface area contributed by atoms with Gasteiger partial charge in [-0.3, -0.25) is 15.2 Å². The third-order valence-electron chi connectivity index (χ3n) is 2.82. The van der Waals surface area contributed by atoms with E-state index in [0.29, 0.717) is 11.4 Å². The van der Waals surface area contributed by atoms with Crippen LogP contribution in [0.1, 0.15) is 10.4 Å². The lowest BCUT2D eigenvalue weighted by Gasteiger charge is -2.01. The first kappa shape index (κ1) is 13.8. The van der Waals surface area contributed by atoms with Crippen LogP contribution in [0.15, 0.2) is 46.7 Å². The van der Waals surface area contributed by atoms with Gasteiger partial charge in [-0.15, -0.1) is 28.2 Å². The highest BCUT2D eigenvalue weighted by Gasteiger charge is 2.11. The quantitative estimate of drug-likeness (QED) is 0.723. The summed E-state index contributed by atoms with van der Waals surface area (Å²) in [4.78, 5) is 18.5. The van der Waals surface area contributed by atoms with E-state index in [4.69, 9.17) is 0 Å². The summed E-state index contributed by atoms with van der Waals surface area (Å²) < 4.78 is 0.